The topological polar surface area (TPSA) is 56.3 Å². The molecule has 20 heavy (non-hydrogen) atoms. The zero-order chi connectivity index (χ0) is 14.5. The standard InChI is InChI=1S/C12H13Br2N3O2S/c1-3-15-6-11-16-17-12(20-11)19-10-5-7(13)9(18-2)4-8(10)14/h4-5,15H,3,6H2,1-2H3. The number of hydrogen-bond donors (Lipinski definition) is 1. The van der Waals surface area contributed by atoms with Gasteiger partial charge in [0.2, 0.25) is 0 Å². The Morgan fingerprint density at radius 3 is 2.60 bits per heavy atom. The first kappa shape index (κ1) is 15.7. The van der Waals surface area contributed by atoms with Crippen molar-refractivity contribution in [1.82, 2.24) is 15.5 Å². The first-order valence-corrected chi connectivity index (χ1v) is 8.28. The van der Waals surface area contributed by atoms with E-state index in [-0.39, 0.29) is 0 Å². The largest absolute Gasteiger partial charge is 0.496 e. The summed E-state index contributed by atoms with van der Waals surface area (Å²) in [6.07, 6.45) is 0. The van der Waals surface area contributed by atoms with Crippen molar-refractivity contribution < 1.29 is 9.47 Å². The summed E-state index contributed by atoms with van der Waals surface area (Å²) in [5, 5.41) is 12.7. The Kier molecular flexibility index (Phi) is 5.76. The molecule has 2 aromatic rings. The van der Waals surface area contributed by atoms with Gasteiger partial charge in [0, 0.05) is 12.6 Å². The van der Waals surface area contributed by atoms with E-state index < -0.39 is 0 Å². The average Bonchev–Trinajstić information content (AvgIpc) is 2.87. The number of benzene rings is 1. The molecule has 8 heteroatoms. The zero-order valence-corrected chi connectivity index (χ0v) is 14.9. The predicted molar refractivity (Wildman–Crippen MR) is 85.8 cm³/mol. The number of halogens is 2. The molecular weight excluding hydrogens is 410 g/mol. The van der Waals surface area contributed by atoms with Crippen LogP contribution in [-0.2, 0) is 6.54 Å². The van der Waals surface area contributed by atoms with Crippen LogP contribution < -0.4 is 14.8 Å². The summed E-state index contributed by atoms with van der Waals surface area (Å²) in [5.74, 6) is 1.39. The third-order valence-corrected chi connectivity index (χ3v) is 4.42. The van der Waals surface area contributed by atoms with Crippen molar-refractivity contribution in [2.45, 2.75) is 13.5 Å². The van der Waals surface area contributed by atoms with Gasteiger partial charge in [0.15, 0.2) is 0 Å². The molecule has 0 unspecified atom stereocenters. The summed E-state index contributed by atoms with van der Waals surface area (Å²) < 4.78 is 12.6. The van der Waals surface area contributed by atoms with Crippen LogP contribution in [0.5, 0.6) is 16.7 Å². The maximum absolute atomic E-state index is 5.73. The molecule has 108 valence electrons. The molecule has 0 aliphatic carbocycles. The second kappa shape index (κ2) is 7.35. The molecule has 0 amide bonds. The van der Waals surface area contributed by atoms with E-state index in [0.29, 0.717) is 17.5 Å². The Morgan fingerprint density at radius 2 is 1.90 bits per heavy atom. The molecule has 0 aliphatic heterocycles. The van der Waals surface area contributed by atoms with Gasteiger partial charge in [-0.3, -0.25) is 0 Å². The van der Waals surface area contributed by atoms with E-state index in [4.69, 9.17) is 9.47 Å². The highest BCUT2D eigenvalue weighted by Gasteiger charge is 2.12. The average molecular weight is 423 g/mol. The molecule has 0 saturated carbocycles. The van der Waals surface area contributed by atoms with Crippen LogP contribution in [0.1, 0.15) is 11.9 Å². The number of methoxy groups -OCH3 is 1. The Bertz CT molecular complexity index is 592. The van der Waals surface area contributed by atoms with E-state index in [1.807, 2.05) is 19.1 Å². The molecule has 5 nitrogen and oxygen atoms in total. The fourth-order valence-electron chi connectivity index (χ4n) is 1.42. The van der Waals surface area contributed by atoms with Crippen LogP contribution in [0.2, 0.25) is 0 Å². The molecule has 0 aliphatic rings. The third-order valence-electron chi connectivity index (χ3n) is 2.38. The van der Waals surface area contributed by atoms with Crippen LogP contribution in [-0.4, -0.2) is 23.9 Å². The van der Waals surface area contributed by atoms with Gasteiger partial charge in [0.1, 0.15) is 16.5 Å². The quantitative estimate of drug-likeness (QED) is 0.763. The van der Waals surface area contributed by atoms with E-state index >= 15 is 0 Å². The summed E-state index contributed by atoms with van der Waals surface area (Å²) >= 11 is 8.29. The number of nitrogens with one attached hydrogen (secondary N) is 1. The monoisotopic (exact) mass is 421 g/mol. The van der Waals surface area contributed by atoms with E-state index in [1.165, 1.54) is 11.3 Å². The second-order valence-electron chi connectivity index (χ2n) is 3.76. The number of nitrogens with zero attached hydrogens (tertiary/aromatic N) is 2. The second-order valence-corrected chi connectivity index (χ2v) is 6.49. The third kappa shape index (κ3) is 3.91. The molecule has 0 radical (unpaired) electrons. The lowest BCUT2D eigenvalue weighted by molar-refractivity contribution is 0.409. The van der Waals surface area contributed by atoms with Gasteiger partial charge < -0.3 is 14.8 Å². The van der Waals surface area contributed by atoms with Crippen molar-refractivity contribution >= 4 is 43.2 Å². The van der Waals surface area contributed by atoms with Gasteiger partial charge in [-0.25, -0.2) is 0 Å². The van der Waals surface area contributed by atoms with Crippen molar-refractivity contribution in [2.75, 3.05) is 13.7 Å². The minimum absolute atomic E-state index is 0.510. The highest BCUT2D eigenvalue weighted by Crippen LogP contribution is 2.38. The lowest BCUT2D eigenvalue weighted by Gasteiger charge is -2.08. The van der Waals surface area contributed by atoms with Gasteiger partial charge in [-0.05, 0) is 44.5 Å². The molecule has 1 aromatic heterocycles. The highest BCUT2D eigenvalue weighted by atomic mass is 79.9. The normalized spacial score (nSPS) is 10.6. The first-order chi connectivity index (χ1) is 9.63. The van der Waals surface area contributed by atoms with Gasteiger partial charge in [0.25, 0.3) is 5.19 Å². The van der Waals surface area contributed by atoms with E-state index in [9.17, 15) is 0 Å². The van der Waals surface area contributed by atoms with Crippen molar-refractivity contribution in [3.05, 3.63) is 26.1 Å². The molecule has 0 atom stereocenters. The van der Waals surface area contributed by atoms with Crippen LogP contribution in [0.15, 0.2) is 21.1 Å². The molecule has 0 saturated heterocycles. The van der Waals surface area contributed by atoms with Gasteiger partial charge in [-0.1, -0.05) is 23.4 Å². The lowest BCUT2D eigenvalue weighted by Crippen LogP contribution is -2.11. The lowest BCUT2D eigenvalue weighted by atomic mass is 10.3. The molecule has 1 N–H and O–H groups in total. The molecule has 1 heterocycles. The van der Waals surface area contributed by atoms with Crippen molar-refractivity contribution in [3.8, 4) is 16.7 Å². The van der Waals surface area contributed by atoms with Gasteiger partial charge in [-0.2, -0.15) is 0 Å². The Hall–Kier alpha value is -0.700. The molecular formula is C12H13Br2N3O2S. The zero-order valence-electron chi connectivity index (χ0n) is 10.9. The fourth-order valence-corrected chi connectivity index (χ4v) is 2.98. The minimum Gasteiger partial charge on any atom is -0.496 e. The summed E-state index contributed by atoms with van der Waals surface area (Å²) in [6.45, 7) is 3.64. The number of hydrogen-bond acceptors (Lipinski definition) is 6. The SMILES string of the molecule is CCNCc1nnc(Oc2cc(Br)c(OC)cc2Br)s1. The maximum atomic E-state index is 5.73. The fraction of sp³-hybridized carbons (Fsp3) is 0.333. The van der Waals surface area contributed by atoms with Gasteiger partial charge >= 0.3 is 0 Å². The Balaban J connectivity index is 2.13. The van der Waals surface area contributed by atoms with Crippen LogP contribution in [0.4, 0.5) is 0 Å². The smallest absolute Gasteiger partial charge is 0.299 e. The number of ether oxygens (including phenoxy) is 2. The summed E-state index contributed by atoms with van der Waals surface area (Å²) in [6, 6.07) is 3.66. The number of aromatic nitrogens is 2. The molecule has 0 spiro atoms. The van der Waals surface area contributed by atoms with Crippen LogP contribution in [0.25, 0.3) is 0 Å². The minimum atomic E-state index is 0.510. The molecule has 0 fully saturated rings. The first-order valence-electron chi connectivity index (χ1n) is 5.88. The van der Waals surface area contributed by atoms with Gasteiger partial charge in [-0.15, -0.1) is 5.10 Å². The van der Waals surface area contributed by atoms with Crippen molar-refractivity contribution in [3.63, 3.8) is 0 Å². The van der Waals surface area contributed by atoms with E-state index in [2.05, 4.69) is 47.4 Å². The van der Waals surface area contributed by atoms with E-state index in [0.717, 1.165) is 26.2 Å². The van der Waals surface area contributed by atoms with Gasteiger partial charge in [0.05, 0.1) is 16.1 Å². The summed E-state index contributed by atoms with van der Waals surface area (Å²) in [4.78, 5) is 0. The number of rotatable bonds is 6. The van der Waals surface area contributed by atoms with Crippen molar-refractivity contribution in [1.29, 1.82) is 0 Å². The van der Waals surface area contributed by atoms with Crippen molar-refractivity contribution in [2.24, 2.45) is 0 Å². The Labute approximate surface area is 138 Å². The molecule has 1 aromatic carbocycles. The highest BCUT2D eigenvalue weighted by molar-refractivity contribution is 9.11. The summed E-state index contributed by atoms with van der Waals surface area (Å²) in [5.41, 5.74) is 0. The molecule has 0 bridgehead atoms. The summed E-state index contributed by atoms with van der Waals surface area (Å²) in [7, 11) is 1.62. The predicted octanol–water partition coefficient (Wildman–Crippen LogP) is 3.97. The molecule has 2 rings (SSSR count). The van der Waals surface area contributed by atoms with Crippen LogP contribution in [0, 0.1) is 0 Å². The van der Waals surface area contributed by atoms with E-state index in [1.54, 1.807) is 7.11 Å². The van der Waals surface area contributed by atoms with Crippen LogP contribution in [0.3, 0.4) is 0 Å². The Morgan fingerprint density at radius 1 is 1.20 bits per heavy atom. The van der Waals surface area contributed by atoms with Crippen LogP contribution >= 0.6 is 43.2 Å². The maximum Gasteiger partial charge on any atom is 0.299 e.